The Bertz CT molecular complexity index is 1080. The lowest BCUT2D eigenvalue weighted by atomic mass is 9.83. The fourth-order valence-electron chi connectivity index (χ4n) is 6.04. The second-order valence-corrected chi connectivity index (χ2v) is 10.5. The van der Waals surface area contributed by atoms with Crippen LogP contribution in [0.4, 0.5) is 0 Å². The fourth-order valence-corrected chi connectivity index (χ4v) is 6.04. The van der Waals surface area contributed by atoms with E-state index in [9.17, 15) is 15.2 Å². The second-order valence-electron chi connectivity index (χ2n) is 10.5. The van der Waals surface area contributed by atoms with Gasteiger partial charge in [-0.25, -0.2) is 0 Å². The summed E-state index contributed by atoms with van der Waals surface area (Å²) in [5.74, 6) is 0.131. The van der Waals surface area contributed by atoms with E-state index in [0.717, 1.165) is 74.4 Å². The molecule has 1 aromatic carbocycles. The summed E-state index contributed by atoms with van der Waals surface area (Å²) in [6, 6.07) is 12.3. The van der Waals surface area contributed by atoms with Crippen LogP contribution in [-0.4, -0.2) is 58.3 Å². The number of ether oxygens (including phenoxy) is 1. The van der Waals surface area contributed by atoms with Gasteiger partial charge in [-0.2, -0.15) is 5.26 Å². The van der Waals surface area contributed by atoms with Crippen molar-refractivity contribution < 1.29 is 14.6 Å². The van der Waals surface area contributed by atoms with Crippen molar-refractivity contribution in [1.29, 1.82) is 5.26 Å². The quantitative estimate of drug-likeness (QED) is 0.623. The van der Waals surface area contributed by atoms with Gasteiger partial charge in [-0.15, -0.1) is 0 Å². The summed E-state index contributed by atoms with van der Waals surface area (Å²) >= 11 is 0. The number of benzene rings is 1. The van der Waals surface area contributed by atoms with E-state index >= 15 is 0 Å². The highest BCUT2D eigenvalue weighted by Crippen LogP contribution is 2.38. The summed E-state index contributed by atoms with van der Waals surface area (Å²) < 4.78 is 7.59. The van der Waals surface area contributed by atoms with Gasteiger partial charge in [-0.05, 0) is 75.8 Å². The molecular weight excluding hydrogens is 414 g/mol. The molecule has 2 bridgehead atoms. The molecule has 33 heavy (non-hydrogen) atoms. The monoisotopic (exact) mass is 447 g/mol. The van der Waals surface area contributed by atoms with Crippen LogP contribution in [-0.2, 0) is 11.2 Å². The zero-order chi connectivity index (χ0) is 23.2. The minimum atomic E-state index is -0.298. The fraction of sp³-hybridized carbons (Fsp3) is 0.556. The molecule has 3 aliphatic rings. The SMILES string of the molecule is Cc1c(C(=O)CN2C3CCC2[C@@H](O)C3)cc(CCCC2(C)COC2)n1-c1ccc(C#N)cc1. The summed E-state index contributed by atoms with van der Waals surface area (Å²) in [4.78, 5) is 15.7. The first kappa shape index (κ1) is 22.3. The Hall–Kier alpha value is -2.46. The average molecular weight is 448 g/mol. The second kappa shape index (κ2) is 8.72. The van der Waals surface area contributed by atoms with Crippen molar-refractivity contribution >= 4 is 5.78 Å². The molecule has 3 aliphatic heterocycles. The number of hydrogen-bond donors (Lipinski definition) is 1. The zero-order valence-corrected chi connectivity index (χ0v) is 19.6. The molecule has 1 aromatic heterocycles. The molecule has 0 aliphatic carbocycles. The van der Waals surface area contributed by atoms with Crippen molar-refractivity contribution in [2.24, 2.45) is 5.41 Å². The molecule has 174 valence electrons. The lowest BCUT2D eigenvalue weighted by Crippen LogP contribution is -2.39. The van der Waals surface area contributed by atoms with Crippen LogP contribution in [0, 0.1) is 23.7 Å². The number of carbonyl (C=O) groups is 1. The molecule has 1 N–H and O–H groups in total. The van der Waals surface area contributed by atoms with Gasteiger partial charge in [0.05, 0.1) is 37.5 Å². The lowest BCUT2D eigenvalue weighted by Gasteiger charge is -2.38. The molecule has 4 heterocycles. The predicted molar refractivity (Wildman–Crippen MR) is 126 cm³/mol. The number of ketones is 1. The van der Waals surface area contributed by atoms with Crippen LogP contribution < -0.4 is 0 Å². The van der Waals surface area contributed by atoms with Crippen molar-refractivity contribution in [3.05, 3.63) is 52.8 Å². The van der Waals surface area contributed by atoms with Gasteiger partial charge >= 0.3 is 0 Å². The molecule has 6 nitrogen and oxygen atoms in total. The Kier molecular flexibility index (Phi) is 5.90. The highest BCUT2D eigenvalue weighted by atomic mass is 16.5. The highest BCUT2D eigenvalue weighted by molar-refractivity contribution is 5.99. The normalized spacial score (nSPS) is 25.7. The maximum Gasteiger partial charge on any atom is 0.178 e. The van der Waals surface area contributed by atoms with Crippen LogP contribution in [0.1, 0.15) is 66.3 Å². The number of Topliss-reactive ketones (excluding diaryl/α,β-unsaturated/α-hetero) is 1. The van der Waals surface area contributed by atoms with Crippen molar-refractivity contribution in [3.8, 4) is 11.8 Å². The third-order valence-corrected chi connectivity index (χ3v) is 7.97. The van der Waals surface area contributed by atoms with Gasteiger partial charge in [0, 0.05) is 40.1 Å². The van der Waals surface area contributed by atoms with Crippen molar-refractivity contribution in [3.63, 3.8) is 0 Å². The minimum Gasteiger partial charge on any atom is -0.391 e. The number of rotatable bonds is 8. The third-order valence-electron chi connectivity index (χ3n) is 7.97. The minimum absolute atomic E-state index is 0.129. The summed E-state index contributed by atoms with van der Waals surface area (Å²) in [5, 5.41) is 19.4. The van der Waals surface area contributed by atoms with E-state index in [1.165, 1.54) is 0 Å². The number of carbonyl (C=O) groups excluding carboxylic acids is 1. The van der Waals surface area contributed by atoms with Crippen molar-refractivity contribution in [1.82, 2.24) is 9.47 Å². The zero-order valence-electron chi connectivity index (χ0n) is 19.6. The maximum absolute atomic E-state index is 13.4. The molecule has 0 amide bonds. The van der Waals surface area contributed by atoms with Crippen LogP contribution in [0.3, 0.4) is 0 Å². The van der Waals surface area contributed by atoms with Gasteiger partial charge in [0.15, 0.2) is 5.78 Å². The van der Waals surface area contributed by atoms with Crippen LogP contribution in [0.2, 0.25) is 0 Å². The largest absolute Gasteiger partial charge is 0.391 e. The molecule has 0 spiro atoms. The van der Waals surface area contributed by atoms with Crippen LogP contribution in [0.25, 0.3) is 5.69 Å². The Morgan fingerprint density at radius 1 is 1.27 bits per heavy atom. The van der Waals surface area contributed by atoms with Crippen molar-refractivity contribution in [2.45, 2.75) is 70.6 Å². The maximum atomic E-state index is 13.4. The van der Waals surface area contributed by atoms with Crippen LogP contribution in [0.5, 0.6) is 0 Å². The molecule has 3 atom stereocenters. The van der Waals surface area contributed by atoms with Gasteiger partial charge in [0.25, 0.3) is 0 Å². The number of aliphatic hydroxyl groups excluding tert-OH is 1. The highest BCUT2D eigenvalue weighted by Gasteiger charge is 2.46. The number of nitriles is 1. The first-order valence-electron chi connectivity index (χ1n) is 12.1. The molecule has 0 radical (unpaired) electrons. The molecule has 3 fully saturated rings. The average Bonchev–Trinajstić information content (AvgIpc) is 3.42. The molecule has 2 aromatic rings. The van der Waals surface area contributed by atoms with E-state index in [1.54, 1.807) is 0 Å². The third kappa shape index (κ3) is 4.14. The first-order valence-corrected chi connectivity index (χ1v) is 12.1. The van der Waals surface area contributed by atoms with E-state index < -0.39 is 0 Å². The number of nitrogens with zero attached hydrogens (tertiary/aromatic N) is 3. The Labute approximate surface area is 195 Å². The Balaban J connectivity index is 1.40. The Morgan fingerprint density at radius 2 is 2.03 bits per heavy atom. The first-order chi connectivity index (χ1) is 15.9. The molecule has 0 saturated carbocycles. The predicted octanol–water partition coefficient (Wildman–Crippen LogP) is 3.80. The van der Waals surface area contributed by atoms with Crippen molar-refractivity contribution in [2.75, 3.05) is 19.8 Å². The van der Waals surface area contributed by atoms with Gasteiger partial charge in [-0.1, -0.05) is 6.92 Å². The molecular formula is C27H33N3O3. The van der Waals surface area contributed by atoms with Gasteiger partial charge in [0.2, 0.25) is 0 Å². The lowest BCUT2D eigenvalue weighted by molar-refractivity contribution is -0.106. The number of fused-ring (bicyclic) bond motifs is 2. The summed E-state index contributed by atoms with van der Waals surface area (Å²) in [5.41, 5.74) is 4.74. The number of hydrogen-bond acceptors (Lipinski definition) is 5. The number of aromatic nitrogens is 1. The summed E-state index contributed by atoms with van der Waals surface area (Å²) in [6.45, 7) is 6.32. The topological polar surface area (TPSA) is 78.5 Å². The standard InChI is InChI=1S/C27H33N3O3/c1-18-23(26(32)15-29-21-9-10-24(29)25(31)13-21)12-22(4-3-11-27(2)16-33-17-27)30(18)20-7-5-19(14-28)6-8-20/h5-8,12,21,24-25,31H,3-4,9-11,13,15-17H2,1-2H3/t21?,24?,25-/m0/s1. The van der Waals surface area contributed by atoms with E-state index in [-0.39, 0.29) is 23.3 Å². The van der Waals surface area contributed by atoms with Crippen LogP contribution >= 0.6 is 0 Å². The van der Waals surface area contributed by atoms with E-state index in [4.69, 9.17) is 4.74 Å². The summed E-state index contributed by atoms with van der Waals surface area (Å²) in [6.07, 6.45) is 5.58. The number of aliphatic hydroxyl groups is 1. The van der Waals surface area contributed by atoms with E-state index in [2.05, 4.69) is 28.5 Å². The Morgan fingerprint density at radius 3 is 2.61 bits per heavy atom. The van der Waals surface area contributed by atoms with Crippen LogP contribution in [0.15, 0.2) is 30.3 Å². The summed E-state index contributed by atoms with van der Waals surface area (Å²) in [7, 11) is 0. The van der Waals surface area contributed by atoms with Gasteiger partial charge < -0.3 is 14.4 Å². The molecule has 2 unspecified atom stereocenters. The number of aryl methyl sites for hydroxylation is 1. The molecule has 3 saturated heterocycles. The van der Waals surface area contributed by atoms with E-state index in [0.29, 0.717) is 18.2 Å². The molecule has 6 heteroatoms. The van der Waals surface area contributed by atoms with Gasteiger partial charge in [-0.3, -0.25) is 9.69 Å². The smallest absolute Gasteiger partial charge is 0.178 e. The van der Waals surface area contributed by atoms with E-state index in [1.807, 2.05) is 31.2 Å². The van der Waals surface area contributed by atoms with Gasteiger partial charge in [0.1, 0.15) is 0 Å². The molecule has 5 rings (SSSR count).